The summed E-state index contributed by atoms with van der Waals surface area (Å²) in [5.41, 5.74) is 5.75. The van der Waals surface area contributed by atoms with Crippen molar-refractivity contribution in [1.29, 1.82) is 0 Å². The first kappa shape index (κ1) is 25.6. The van der Waals surface area contributed by atoms with E-state index in [0.29, 0.717) is 17.2 Å². The van der Waals surface area contributed by atoms with Crippen LogP contribution >= 0.6 is 11.8 Å². The van der Waals surface area contributed by atoms with E-state index >= 15 is 0 Å². The first-order valence-corrected chi connectivity index (χ1v) is 11.3. The van der Waals surface area contributed by atoms with E-state index in [9.17, 15) is 14.0 Å². The third-order valence-corrected chi connectivity index (χ3v) is 4.96. The van der Waals surface area contributed by atoms with Crippen molar-refractivity contribution in [2.45, 2.75) is 6.42 Å². The Kier molecular flexibility index (Phi) is 11.2. The SMILES string of the molecule is CNC(=O)c1ncc(N)cn1.Fc1ccc(Oc2ccccc2)cc1.O=C1CSCCCN1. The minimum atomic E-state index is -0.315. The summed E-state index contributed by atoms with van der Waals surface area (Å²) in [4.78, 5) is 28.8. The molecule has 0 bridgehead atoms. The summed E-state index contributed by atoms with van der Waals surface area (Å²) >= 11 is 1.71. The van der Waals surface area contributed by atoms with Crippen LogP contribution in [0.5, 0.6) is 11.5 Å². The molecule has 2 heterocycles. The van der Waals surface area contributed by atoms with Gasteiger partial charge in [0.05, 0.1) is 23.8 Å². The number of nitrogens with two attached hydrogens (primary N) is 1. The molecule has 0 saturated carbocycles. The lowest BCUT2D eigenvalue weighted by molar-refractivity contribution is -0.118. The minimum Gasteiger partial charge on any atom is -0.457 e. The smallest absolute Gasteiger partial charge is 0.288 e. The van der Waals surface area contributed by atoms with Crippen LogP contribution in [0.15, 0.2) is 67.0 Å². The molecule has 0 spiro atoms. The standard InChI is InChI=1S/C12H9FO.C6H8N4O.C5H9NOS/c13-10-6-8-12(9-7-10)14-11-4-2-1-3-5-11;1-8-6(11)5-9-2-4(7)3-10-5;7-5-4-8-3-1-2-6-5/h1-9H;2-3H,7H2,1H3,(H,8,11);1-4H2,(H,6,7). The van der Waals surface area contributed by atoms with Gasteiger partial charge < -0.3 is 21.1 Å². The van der Waals surface area contributed by atoms with E-state index in [1.807, 2.05) is 30.3 Å². The Hall–Kier alpha value is -3.66. The van der Waals surface area contributed by atoms with Gasteiger partial charge in [0.25, 0.3) is 5.91 Å². The molecular formula is C23H26FN5O3S. The Labute approximate surface area is 196 Å². The molecule has 1 aliphatic heterocycles. The number of aromatic nitrogens is 2. The van der Waals surface area contributed by atoms with Crippen molar-refractivity contribution in [3.05, 3.63) is 78.6 Å². The second-order valence-corrected chi connectivity index (χ2v) is 7.65. The second-order valence-electron chi connectivity index (χ2n) is 6.54. The average Bonchev–Trinajstić information content (AvgIpc) is 3.09. The van der Waals surface area contributed by atoms with Gasteiger partial charge in [0.1, 0.15) is 17.3 Å². The van der Waals surface area contributed by atoms with Gasteiger partial charge in [-0.3, -0.25) is 9.59 Å². The lowest BCUT2D eigenvalue weighted by atomic mass is 10.3. The van der Waals surface area contributed by atoms with Crippen LogP contribution in [0, 0.1) is 5.82 Å². The Morgan fingerprint density at radius 3 is 2.36 bits per heavy atom. The van der Waals surface area contributed by atoms with Crippen molar-refractivity contribution in [2.75, 3.05) is 30.8 Å². The van der Waals surface area contributed by atoms with Crippen molar-refractivity contribution in [3.8, 4) is 11.5 Å². The lowest BCUT2D eigenvalue weighted by Gasteiger charge is -2.04. The fourth-order valence-electron chi connectivity index (χ4n) is 2.31. The number of carbonyl (C=O) groups is 2. The molecule has 174 valence electrons. The van der Waals surface area contributed by atoms with E-state index in [2.05, 4.69) is 20.6 Å². The molecule has 1 fully saturated rings. The van der Waals surface area contributed by atoms with E-state index in [1.54, 1.807) is 23.9 Å². The fourth-order valence-corrected chi connectivity index (χ4v) is 3.09. The van der Waals surface area contributed by atoms with Crippen LogP contribution < -0.4 is 21.1 Å². The topological polar surface area (TPSA) is 119 Å². The Morgan fingerprint density at radius 2 is 1.73 bits per heavy atom. The number of amides is 2. The van der Waals surface area contributed by atoms with Gasteiger partial charge in [-0.1, -0.05) is 18.2 Å². The molecule has 1 saturated heterocycles. The van der Waals surface area contributed by atoms with Crippen LogP contribution in [0.2, 0.25) is 0 Å². The third-order valence-electron chi connectivity index (χ3n) is 3.92. The summed E-state index contributed by atoms with van der Waals surface area (Å²) < 4.78 is 18.0. The summed E-state index contributed by atoms with van der Waals surface area (Å²) in [5.74, 6) is 2.90. The number of thioether (sulfide) groups is 1. The summed E-state index contributed by atoms with van der Waals surface area (Å²) in [6.45, 7) is 0.867. The zero-order chi connectivity index (χ0) is 23.9. The van der Waals surface area contributed by atoms with Crippen molar-refractivity contribution in [3.63, 3.8) is 0 Å². The molecule has 1 aliphatic rings. The minimum absolute atomic E-state index is 0.127. The number of carbonyl (C=O) groups excluding carboxylic acids is 2. The number of rotatable bonds is 3. The second kappa shape index (κ2) is 14.4. The predicted molar refractivity (Wildman–Crippen MR) is 128 cm³/mol. The van der Waals surface area contributed by atoms with Gasteiger partial charge in [0.2, 0.25) is 11.7 Å². The molecule has 0 unspecified atom stereocenters. The Bertz CT molecular complexity index is 979. The number of ether oxygens (including phenoxy) is 1. The van der Waals surface area contributed by atoms with E-state index in [-0.39, 0.29) is 23.5 Å². The highest BCUT2D eigenvalue weighted by Crippen LogP contribution is 2.20. The van der Waals surface area contributed by atoms with Crippen LogP contribution in [0.25, 0.3) is 0 Å². The maximum absolute atomic E-state index is 12.6. The molecule has 1 aromatic heterocycles. The number of nitrogens with one attached hydrogen (secondary N) is 2. The van der Waals surface area contributed by atoms with Crippen LogP contribution in [0.3, 0.4) is 0 Å². The first-order chi connectivity index (χ1) is 16.0. The van der Waals surface area contributed by atoms with Crippen LogP contribution in [-0.2, 0) is 4.79 Å². The predicted octanol–water partition coefficient (Wildman–Crippen LogP) is 3.28. The number of halogens is 1. The molecule has 2 amide bonds. The number of nitrogens with zero attached hydrogens (tertiary/aromatic N) is 2. The molecule has 4 rings (SSSR count). The van der Waals surface area contributed by atoms with E-state index in [1.165, 1.54) is 31.6 Å². The molecule has 2 aromatic carbocycles. The molecule has 4 N–H and O–H groups in total. The van der Waals surface area contributed by atoms with Gasteiger partial charge in [-0.2, -0.15) is 11.8 Å². The molecule has 33 heavy (non-hydrogen) atoms. The van der Waals surface area contributed by atoms with E-state index in [0.717, 1.165) is 24.5 Å². The van der Waals surface area contributed by atoms with E-state index < -0.39 is 0 Å². The zero-order valence-corrected chi connectivity index (χ0v) is 19.0. The quantitative estimate of drug-likeness (QED) is 0.536. The summed E-state index contributed by atoms with van der Waals surface area (Å²) in [7, 11) is 1.52. The number of anilines is 1. The van der Waals surface area contributed by atoms with Gasteiger partial charge >= 0.3 is 0 Å². The van der Waals surface area contributed by atoms with Crippen LogP contribution in [0.4, 0.5) is 10.1 Å². The number of nitrogen functional groups attached to an aromatic ring is 1. The highest BCUT2D eigenvalue weighted by molar-refractivity contribution is 7.99. The fraction of sp³-hybridized carbons (Fsp3) is 0.217. The molecule has 0 aliphatic carbocycles. The van der Waals surface area contributed by atoms with E-state index in [4.69, 9.17) is 10.5 Å². The highest BCUT2D eigenvalue weighted by Gasteiger charge is 2.04. The molecule has 0 radical (unpaired) electrons. The largest absolute Gasteiger partial charge is 0.457 e. The summed E-state index contributed by atoms with van der Waals surface area (Å²) in [6, 6.07) is 15.3. The van der Waals surface area contributed by atoms with Gasteiger partial charge in [-0.25, -0.2) is 14.4 Å². The van der Waals surface area contributed by atoms with Crippen molar-refractivity contribution >= 4 is 29.3 Å². The third kappa shape index (κ3) is 10.5. The van der Waals surface area contributed by atoms with Crippen molar-refractivity contribution < 1.29 is 18.7 Å². The van der Waals surface area contributed by atoms with Crippen LogP contribution in [0.1, 0.15) is 17.0 Å². The maximum atomic E-state index is 12.6. The maximum Gasteiger partial charge on any atom is 0.288 e. The van der Waals surface area contributed by atoms with Crippen molar-refractivity contribution in [2.24, 2.45) is 0 Å². The monoisotopic (exact) mass is 471 g/mol. The summed E-state index contributed by atoms with van der Waals surface area (Å²) in [6.07, 6.45) is 3.89. The Morgan fingerprint density at radius 1 is 1.09 bits per heavy atom. The number of benzene rings is 2. The first-order valence-electron chi connectivity index (χ1n) is 10.1. The average molecular weight is 472 g/mol. The lowest BCUT2D eigenvalue weighted by Crippen LogP contribution is -2.23. The number of hydrogen-bond donors (Lipinski definition) is 3. The normalized spacial score (nSPS) is 12.5. The number of hydrogen-bond acceptors (Lipinski definition) is 7. The van der Waals surface area contributed by atoms with Gasteiger partial charge in [0.15, 0.2) is 0 Å². The van der Waals surface area contributed by atoms with Crippen LogP contribution in [-0.4, -0.2) is 46.9 Å². The molecule has 0 atom stereocenters. The number of para-hydroxylation sites is 1. The van der Waals surface area contributed by atoms with Gasteiger partial charge in [-0.05, 0) is 48.6 Å². The molecule has 10 heteroatoms. The van der Waals surface area contributed by atoms with Gasteiger partial charge in [0, 0.05) is 13.6 Å². The van der Waals surface area contributed by atoms with Crippen molar-refractivity contribution in [1.82, 2.24) is 20.6 Å². The highest BCUT2D eigenvalue weighted by atomic mass is 32.2. The Balaban J connectivity index is 0.000000182. The van der Waals surface area contributed by atoms with Gasteiger partial charge in [-0.15, -0.1) is 0 Å². The molecule has 8 nitrogen and oxygen atoms in total. The molecule has 3 aromatic rings. The summed E-state index contributed by atoms with van der Waals surface area (Å²) in [5, 5.41) is 5.18. The molecular weight excluding hydrogens is 445 g/mol. The zero-order valence-electron chi connectivity index (χ0n) is 18.2.